The smallest absolute Gasteiger partial charge is 0.224 e. The van der Waals surface area contributed by atoms with Gasteiger partial charge in [0.25, 0.3) is 0 Å². The Morgan fingerprint density at radius 2 is 1.89 bits per heavy atom. The van der Waals surface area contributed by atoms with E-state index in [-0.39, 0.29) is 11.8 Å². The maximum atomic E-state index is 11.6. The summed E-state index contributed by atoms with van der Waals surface area (Å²) in [5.74, 6) is 0.246. The van der Waals surface area contributed by atoms with Gasteiger partial charge in [-0.1, -0.05) is 13.8 Å². The van der Waals surface area contributed by atoms with Crippen molar-refractivity contribution < 1.29 is 9.59 Å². The van der Waals surface area contributed by atoms with Crippen LogP contribution in [-0.2, 0) is 9.59 Å². The maximum Gasteiger partial charge on any atom is 0.224 e. The molecule has 0 aliphatic rings. The normalized spacial score (nSPS) is 10.3. The lowest BCUT2D eigenvalue weighted by Gasteiger charge is -2.11. The number of rotatable bonds is 4. The lowest BCUT2D eigenvalue weighted by atomic mass is 10.1. The zero-order valence-corrected chi connectivity index (χ0v) is 11.3. The zero-order chi connectivity index (χ0) is 13.7. The predicted molar refractivity (Wildman–Crippen MR) is 73.6 cm³/mol. The maximum absolute atomic E-state index is 11.6. The van der Waals surface area contributed by atoms with Crippen LogP contribution >= 0.6 is 0 Å². The molecule has 1 rings (SSSR count). The molecule has 0 atom stereocenters. The highest BCUT2D eigenvalue weighted by Crippen LogP contribution is 2.20. The van der Waals surface area contributed by atoms with Crippen molar-refractivity contribution in [2.75, 3.05) is 10.6 Å². The number of hydrogen-bond acceptors (Lipinski definition) is 2. The lowest BCUT2D eigenvalue weighted by Crippen LogP contribution is -2.14. The molecule has 0 spiro atoms. The summed E-state index contributed by atoms with van der Waals surface area (Å²) in [6.07, 6.45) is 0.506. The fourth-order valence-electron chi connectivity index (χ4n) is 1.65. The zero-order valence-electron chi connectivity index (χ0n) is 11.3. The van der Waals surface area contributed by atoms with E-state index in [4.69, 9.17) is 0 Å². The molecule has 1 aromatic rings. The molecule has 0 aromatic heterocycles. The number of benzene rings is 1. The Bertz CT molecular complexity index is 453. The molecule has 0 aliphatic heterocycles. The van der Waals surface area contributed by atoms with Crippen molar-refractivity contribution in [2.24, 2.45) is 5.92 Å². The molecule has 1 aromatic carbocycles. The molecule has 0 saturated carbocycles. The summed E-state index contributed by atoms with van der Waals surface area (Å²) >= 11 is 0. The first kappa shape index (κ1) is 14.2. The molecular formula is C14H20N2O2. The van der Waals surface area contributed by atoms with Crippen LogP contribution in [-0.4, -0.2) is 11.8 Å². The minimum atomic E-state index is -0.102. The van der Waals surface area contributed by atoms with Crippen molar-refractivity contribution in [2.45, 2.75) is 34.1 Å². The van der Waals surface area contributed by atoms with Crippen LogP contribution in [0.4, 0.5) is 11.4 Å². The molecule has 0 saturated heterocycles. The van der Waals surface area contributed by atoms with Crippen LogP contribution in [0.15, 0.2) is 18.2 Å². The van der Waals surface area contributed by atoms with E-state index in [1.54, 1.807) is 12.1 Å². The second kappa shape index (κ2) is 6.19. The monoisotopic (exact) mass is 248 g/mol. The van der Waals surface area contributed by atoms with Gasteiger partial charge in [-0.2, -0.15) is 0 Å². The van der Waals surface area contributed by atoms with E-state index in [1.165, 1.54) is 6.92 Å². The minimum absolute atomic E-state index is 0.0108. The lowest BCUT2D eigenvalue weighted by molar-refractivity contribution is -0.117. The molecule has 0 aliphatic carbocycles. The van der Waals surface area contributed by atoms with Gasteiger partial charge in [0.2, 0.25) is 11.8 Å². The molecule has 0 unspecified atom stereocenters. The third-order valence-electron chi connectivity index (χ3n) is 2.41. The number of anilines is 2. The molecule has 2 amide bonds. The topological polar surface area (TPSA) is 58.2 Å². The van der Waals surface area contributed by atoms with Gasteiger partial charge in [-0.05, 0) is 36.6 Å². The van der Waals surface area contributed by atoms with Crippen LogP contribution in [0.25, 0.3) is 0 Å². The summed E-state index contributed by atoms with van der Waals surface area (Å²) in [5.41, 5.74) is 2.45. The van der Waals surface area contributed by atoms with Crippen LogP contribution in [0, 0.1) is 12.8 Å². The SMILES string of the molecule is CC(=O)Nc1ccc(NC(=O)CC(C)C)cc1C. The average molecular weight is 248 g/mol. The second-order valence-electron chi connectivity index (χ2n) is 4.86. The van der Waals surface area contributed by atoms with E-state index in [0.717, 1.165) is 16.9 Å². The number of aryl methyl sites for hydroxylation is 1. The van der Waals surface area contributed by atoms with Crippen LogP contribution in [0.2, 0.25) is 0 Å². The first-order valence-corrected chi connectivity index (χ1v) is 6.06. The molecule has 0 bridgehead atoms. The van der Waals surface area contributed by atoms with Crippen molar-refractivity contribution in [3.05, 3.63) is 23.8 Å². The largest absolute Gasteiger partial charge is 0.326 e. The van der Waals surface area contributed by atoms with E-state index >= 15 is 0 Å². The Morgan fingerprint density at radius 3 is 2.39 bits per heavy atom. The first-order chi connectivity index (χ1) is 8.38. The Morgan fingerprint density at radius 1 is 1.22 bits per heavy atom. The molecule has 0 heterocycles. The van der Waals surface area contributed by atoms with Gasteiger partial charge in [-0.25, -0.2) is 0 Å². The summed E-state index contributed by atoms with van der Waals surface area (Å²) in [4.78, 5) is 22.6. The molecule has 0 fully saturated rings. The summed E-state index contributed by atoms with van der Waals surface area (Å²) in [7, 11) is 0. The van der Waals surface area contributed by atoms with Crippen LogP contribution in [0.1, 0.15) is 32.8 Å². The molecule has 0 radical (unpaired) electrons. The molecule has 4 nitrogen and oxygen atoms in total. The van der Waals surface area contributed by atoms with Crippen molar-refractivity contribution in [3.63, 3.8) is 0 Å². The van der Waals surface area contributed by atoms with Crippen molar-refractivity contribution in [3.8, 4) is 0 Å². The third kappa shape index (κ3) is 4.57. The van der Waals surface area contributed by atoms with Crippen LogP contribution in [0.3, 0.4) is 0 Å². The summed E-state index contributed by atoms with van der Waals surface area (Å²) < 4.78 is 0. The van der Waals surface area contributed by atoms with E-state index < -0.39 is 0 Å². The van der Waals surface area contributed by atoms with Gasteiger partial charge >= 0.3 is 0 Å². The Kier molecular flexibility index (Phi) is 4.89. The van der Waals surface area contributed by atoms with E-state index in [1.807, 2.05) is 26.8 Å². The second-order valence-corrected chi connectivity index (χ2v) is 4.86. The highest BCUT2D eigenvalue weighted by molar-refractivity contribution is 5.93. The first-order valence-electron chi connectivity index (χ1n) is 6.06. The highest BCUT2D eigenvalue weighted by atomic mass is 16.2. The van der Waals surface area contributed by atoms with E-state index in [0.29, 0.717) is 12.3 Å². The van der Waals surface area contributed by atoms with Gasteiger partial charge in [0.1, 0.15) is 0 Å². The van der Waals surface area contributed by atoms with E-state index in [2.05, 4.69) is 10.6 Å². The fraction of sp³-hybridized carbons (Fsp3) is 0.429. The van der Waals surface area contributed by atoms with Gasteiger partial charge < -0.3 is 10.6 Å². The van der Waals surface area contributed by atoms with Crippen molar-refractivity contribution in [1.82, 2.24) is 0 Å². The highest BCUT2D eigenvalue weighted by Gasteiger charge is 2.07. The van der Waals surface area contributed by atoms with Crippen molar-refractivity contribution in [1.29, 1.82) is 0 Å². The van der Waals surface area contributed by atoms with Crippen LogP contribution in [0.5, 0.6) is 0 Å². The molecule has 98 valence electrons. The molecular weight excluding hydrogens is 228 g/mol. The van der Waals surface area contributed by atoms with E-state index in [9.17, 15) is 9.59 Å². The number of nitrogens with one attached hydrogen (secondary N) is 2. The minimum Gasteiger partial charge on any atom is -0.326 e. The van der Waals surface area contributed by atoms with Crippen molar-refractivity contribution >= 4 is 23.2 Å². The summed E-state index contributed by atoms with van der Waals surface area (Å²) in [6.45, 7) is 7.37. The summed E-state index contributed by atoms with van der Waals surface area (Å²) in [5, 5.41) is 5.58. The summed E-state index contributed by atoms with van der Waals surface area (Å²) in [6, 6.07) is 5.43. The number of amides is 2. The molecule has 4 heteroatoms. The Balaban J connectivity index is 2.72. The fourth-order valence-corrected chi connectivity index (χ4v) is 1.65. The van der Waals surface area contributed by atoms with Gasteiger partial charge in [0.05, 0.1) is 0 Å². The number of carbonyl (C=O) groups excluding carboxylic acids is 2. The van der Waals surface area contributed by atoms with Gasteiger partial charge in [-0.15, -0.1) is 0 Å². The van der Waals surface area contributed by atoms with Gasteiger partial charge in [0, 0.05) is 24.7 Å². The van der Waals surface area contributed by atoms with Gasteiger partial charge in [0.15, 0.2) is 0 Å². The average Bonchev–Trinajstić information content (AvgIpc) is 2.20. The number of hydrogen-bond donors (Lipinski definition) is 2. The number of carbonyl (C=O) groups is 2. The molecule has 2 N–H and O–H groups in total. The standard InChI is InChI=1S/C14H20N2O2/c1-9(2)7-14(18)16-12-5-6-13(10(3)8-12)15-11(4)17/h5-6,8-9H,7H2,1-4H3,(H,15,17)(H,16,18). The Labute approximate surface area is 108 Å². The Hall–Kier alpha value is -1.84. The predicted octanol–water partition coefficient (Wildman–Crippen LogP) is 2.94. The quantitative estimate of drug-likeness (QED) is 0.860. The third-order valence-corrected chi connectivity index (χ3v) is 2.41. The van der Waals surface area contributed by atoms with Crippen LogP contribution < -0.4 is 10.6 Å². The van der Waals surface area contributed by atoms with Gasteiger partial charge in [-0.3, -0.25) is 9.59 Å². The molecule has 18 heavy (non-hydrogen) atoms.